The third-order valence-electron chi connectivity index (χ3n) is 2.69. The number of nitrogens with zero attached hydrogens (tertiary/aromatic N) is 3. The molecule has 6 nitrogen and oxygen atoms in total. The molecule has 1 aromatic carbocycles. The first-order chi connectivity index (χ1) is 9.80. The molecule has 0 radical (unpaired) electrons. The van der Waals surface area contributed by atoms with Crippen molar-refractivity contribution in [2.24, 2.45) is 0 Å². The first kappa shape index (κ1) is 15.4. The van der Waals surface area contributed by atoms with Crippen molar-refractivity contribution in [3.63, 3.8) is 0 Å². The molecular formula is C11H10ClF3N4O2. The lowest BCUT2D eigenvalue weighted by molar-refractivity contribution is -0.384. The van der Waals surface area contributed by atoms with E-state index in [4.69, 9.17) is 11.6 Å². The van der Waals surface area contributed by atoms with Gasteiger partial charge in [0.15, 0.2) is 0 Å². The van der Waals surface area contributed by atoms with Gasteiger partial charge < -0.3 is 9.88 Å². The fraction of sp³-hybridized carbons (Fsp3) is 0.364. The topological polar surface area (TPSA) is 75.1 Å². The van der Waals surface area contributed by atoms with Crippen LogP contribution < -0.4 is 4.90 Å². The van der Waals surface area contributed by atoms with Crippen molar-refractivity contribution >= 4 is 34.3 Å². The highest BCUT2D eigenvalue weighted by molar-refractivity contribution is 6.18. The number of alkyl halides is 4. The number of anilines is 1. The summed E-state index contributed by atoms with van der Waals surface area (Å²) >= 11 is 5.50. The number of fused-ring (bicyclic) bond motifs is 1. The highest BCUT2D eigenvalue weighted by Gasteiger charge is 2.31. The monoisotopic (exact) mass is 322 g/mol. The molecule has 21 heavy (non-hydrogen) atoms. The molecule has 0 bridgehead atoms. The minimum Gasteiger partial charge on any atom is -0.332 e. The molecule has 0 aliphatic heterocycles. The molecule has 0 fully saturated rings. The van der Waals surface area contributed by atoms with Gasteiger partial charge in [0.2, 0.25) is 5.95 Å². The number of non-ortho nitro benzene ring substituents is 1. The van der Waals surface area contributed by atoms with Crippen molar-refractivity contribution < 1.29 is 18.1 Å². The lowest BCUT2D eigenvalue weighted by Gasteiger charge is -2.21. The van der Waals surface area contributed by atoms with E-state index < -0.39 is 17.6 Å². The Hall–Kier alpha value is -2.03. The van der Waals surface area contributed by atoms with Crippen LogP contribution in [-0.4, -0.2) is 40.0 Å². The Balaban J connectivity index is 2.36. The van der Waals surface area contributed by atoms with E-state index in [9.17, 15) is 23.3 Å². The number of H-pyrrole nitrogens is 1. The summed E-state index contributed by atoms with van der Waals surface area (Å²) in [5, 5.41) is 10.7. The first-order valence-electron chi connectivity index (χ1n) is 5.82. The molecule has 114 valence electrons. The maximum atomic E-state index is 12.5. The van der Waals surface area contributed by atoms with Crippen LogP contribution in [0, 0.1) is 10.1 Å². The van der Waals surface area contributed by atoms with Gasteiger partial charge in [-0.3, -0.25) is 10.1 Å². The fourth-order valence-electron chi connectivity index (χ4n) is 1.83. The second kappa shape index (κ2) is 5.76. The van der Waals surface area contributed by atoms with Crippen molar-refractivity contribution in [3.05, 3.63) is 28.3 Å². The minimum atomic E-state index is -4.41. The summed E-state index contributed by atoms with van der Waals surface area (Å²) in [5.74, 6) is -0.0312. The third-order valence-corrected chi connectivity index (χ3v) is 2.86. The highest BCUT2D eigenvalue weighted by atomic mass is 35.5. The quantitative estimate of drug-likeness (QED) is 0.521. The van der Waals surface area contributed by atoms with E-state index in [2.05, 4.69) is 9.97 Å². The summed E-state index contributed by atoms with van der Waals surface area (Å²) in [6.45, 7) is -1.26. The second-order valence-corrected chi connectivity index (χ2v) is 4.62. The van der Waals surface area contributed by atoms with Crippen LogP contribution in [0.3, 0.4) is 0 Å². The molecule has 0 spiro atoms. The summed E-state index contributed by atoms with van der Waals surface area (Å²) in [6.07, 6.45) is -4.41. The first-order valence-corrected chi connectivity index (χ1v) is 6.35. The van der Waals surface area contributed by atoms with Gasteiger partial charge in [-0.05, 0) is 6.07 Å². The summed E-state index contributed by atoms with van der Waals surface area (Å²) in [7, 11) is 0. The predicted molar refractivity (Wildman–Crippen MR) is 71.7 cm³/mol. The zero-order valence-electron chi connectivity index (χ0n) is 10.5. The van der Waals surface area contributed by atoms with E-state index >= 15 is 0 Å². The number of imidazole rings is 1. The number of aromatic nitrogens is 2. The van der Waals surface area contributed by atoms with Gasteiger partial charge in [-0.1, -0.05) is 0 Å². The van der Waals surface area contributed by atoms with Crippen LogP contribution in [0.1, 0.15) is 0 Å². The minimum absolute atomic E-state index is 0.00667. The Morgan fingerprint density at radius 2 is 2.14 bits per heavy atom. The van der Waals surface area contributed by atoms with Gasteiger partial charge in [0.05, 0.1) is 16.0 Å². The van der Waals surface area contributed by atoms with Crippen LogP contribution in [0.4, 0.5) is 24.8 Å². The molecule has 0 aliphatic rings. The normalized spacial score (nSPS) is 11.8. The number of aromatic amines is 1. The number of hydrogen-bond donors (Lipinski definition) is 1. The molecule has 10 heteroatoms. The lowest BCUT2D eigenvalue weighted by atomic mass is 10.3. The van der Waals surface area contributed by atoms with Crippen molar-refractivity contribution in [1.29, 1.82) is 0 Å². The molecular weight excluding hydrogens is 313 g/mol. The van der Waals surface area contributed by atoms with Crippen LogP contribution in [0.2, 0.25) is 0 Å². The van der Waals surface area contributed by atoms with Crippen LogP contribution in [0.5, 0.6) is 0 Å². The SMILES string of the molecule is O=[N+]([O-])c1ccc2nc(N(CCCl)CC(F)(F)F)[nH]c2c1. The molecule has 0 atom stereocenters. The van der Waals surface area contributed by atoms with Crippen molar-refractivity contribution in [2.75, 3.05) is 23.9 Å². The van der Waals surface area contributed by atoms with E-state index in [0.29, 0.717) is 11.0 Å². The van der Waals surface area contributed by atoms with Crippen molar-refractivity contribution in [2.45, 2.75) is 6.18 Å². The van der Waals surface area contributed by atoms with Crippen molar-refractivity contribution in [3.8, 4) is 0 Å². The molecule has 2 rings (SSSR count). The van der Waals surface area contributed by atoms with E-state index in [1.807, 2.05) is 0 Å². The molecule has 0 aliphatic carbocycles. The average Bonchev–Trinajstić information content (AvgIpc) is 2.79. The average molecular weight is 323 g/mol. The van der Waals surface area contributed by atoms with E-state index in [0.717, 1.165) is 4.90 Å². The summed E-state index contributed by atoms with van der Waals surface area (Å²) in [6, 6.07) is 3.83. The van der Waals surface area contributed by atoms with Gasteiger partial charge in [-0.2, -0.15) is 13.2 Å². The lowest BCUT2D eigenvalue weighted by Crippen LogP contribution is -2.36. The number of rotatable bonds is 5. The smallest absolute Gasteiger partial charge is 0.332 e. The molecule has 1 aromatic heterocycles. The number of nitro benzene ring substituents is 1. The summed E-state index contributed by atoms with van der Waals surface area (Å²) in [4.78, 5) is 17.7. The zero-order chi connectivity index (χ0) is 15.6. The zero-order valence-corrected chi connectivity index (χ0v) is 11.3. The van der Waals surface area contributed by atoms with Crippen LogP contribution >= 0.6 is 11.6 Å². The maximum absolute atomic E-state index is 12.5. The molecule has 0 unspecified atom stereocenters. The molecule has 0 amide bonds. The van der Waals surface area contributed by atoms with Crippen LogP contribution in [-0.2, 0) is 0 Å². The van der Waals surface area contributed by atoms with Gasteiger partial charge >= 0.3 is 6.18 Å². The van der Waals surface area contributed by atoms with E-state index in [-0.39, 0.29) is 24.1 Å². The molecule has 1 N–H and O–H groups in total. The standard InChI is InChI=1S/C11H10ClF3N4O2/c12-3-4-18(6-11(13,14)15)10-16-8-2-1-7(19(20)21)5-9(8)17-10/h1-2,5H,3-4,6H2,(H,16,17). The van der Waals surface area contributed by atoms with Gasteiger partial charge in [-0.25, -0.2) is 4.98 Å². The van der Waals surface area contributed by atoms with Crippen molar-refractivity contribution in [1.82, 2.24) is 9.97 Å². The Bertz CT molecular complexity index is 658. The summed E-state index contributed by atoms with van der Waals surface area (Å²) in [5.41, 5.74) is 0.468. The van der Waals surface area contributed by atoms with E-state index in [1.54, 1.807) is 0 Å². The van der Waals surface area contributed by atoms with Crippen LogP contribution in [0.25, 0.3) is 11.0 Å². The van der Waals surface area contributed by atoms with E-state index in [1.165, 1.54) is 18.2 Å². The highest BCUT2D eigenvalue weighted by Crippen LogP contribution is 2.24. The fourth-order valence-corrected chi connectivity index (χ4v) is 2.03. The summed E-state index contributed by atoms with van der Waals surface area (Å²) < 4.78 is 37.6. The van der Waals surface area contributed by atoms with Gasteiger partial charge in [0, 0.05) is 24.6 Å². The molecule has 1 heterocycles. The number of nitro groups is 1. The largest absolute Gasteiger partial charge is 0.406 e. The second-order valence-electron chi connectivity index (χ2n) is 4.24. The van der Waals surface area contributed by atoms with Crippen LogP contribution in [0.15, 0.2) is 18.2 Å². The predicted octanol–water partition coefficient (Wildman–Crippen LogP) is 3.08. The Kier molecular flexibility index (Phi) is 4.21. The van der Waals surface area contributed by atoms with Gasteiger partial charge in [-0.15, -0.1) is 11.6 Å². The Morgan fingerprint density at radius 3 is 2.71 bits per heavy atom. The molecule has 2 aromatic rings. The Morgan fingerprint density at radius 1 is 1.43 bits per heavy atom. The van der Waals surface area contributed by atoms with Gasteiger partial charge in [0.25, 0.3) is 5.69 Å². The number of nitrogens with one attached hydrogen (secondary N) is 1. The maximum Gasteiger partial charge on any atom is 0.406 e. The molecule has 0 saturated carbocycles. The third kappa shape index (κ3) is 3.75. The number of hydrogen-bond acceptors (Lipinski definition) is 4. The molecule has 0 saturated heterocycles. The number of halogens is 4. The Labute approximate surface area is 121 Å². The number of benzene rings is 1. The van der Waals surface area contributed by atoms with Gasteiger partial charge in [0.1, 0.15) is 6.54 Å².